The van der Waals surface area contributed by atoms with Gasteiger partial charge in [-0.05, 0) is 35.9 Å². The lowest BCUT2D eigenvalue weighted by atomic mass is 9.99. The molecule has 0 saturated carbocycles. The zero-order valence-electron chi connectivity index (χ0n) is 11.0. The van der Waals surface area contributed by atoms with Crippen molar-refractivity contribution in [3.63, 3.8) is 0 Å². The second-order valence-corrected chi connectivity index (χ2v) is 5.02. The highest BCUT2D eigenvalue weighted by atomic mass is 19.1. The molecule has 0 aromatic heterocycles. The Kier molecular flexibility index (Phi) is 3.35. The van der Waals surface area contributed by atoms with Crippen molar-refractivity contribution in [3.05, 3.63) is 58.9 Å². The Morgan fingerprint density at radius 3 is 2.76 bits per heavy atom. The number of halogens is 1. The average molecular weight is 288 g/mol. The number of carbonyl (C=O) groups is 1. The van der Waals surface area contributed by atoms with Gasteiger partial charge in [-0.25, -0.2) is 4.39 Å². The number of aliphatic carboxylic acids is 1. The van der Waals surface area contributed by atoms with E-state index in [2.05, 4.69) is 0 Å². The summed E-state index contributed by atoms with van der Waals surface area (Å²) in [5.41, 5.74) is 1.69. The molecule has 5 heteroatoms. The van der Waals surface area contributed by atoms with Crippen LogP contribution in [-0.2, 0) is 17.6 Å². The molecule has 4 nitrogen and oxygen atoms in total. The van der Waals surface area contributed by atoms with Crippen molar-refractivity contribution in [3.8, 4) is 11.5 Å². The lowest BCUT2D eigenvalue weighted by molar-refractivity contribution is -0.136. The van der Waals surface area contributed by atoms with Gasteiger partial charge in [-0.1, -0.05) is 6.07 Å². The van der Waals surface area contributed by atoms with Gasteiger partial charge in [0.25, 0.3) is 0 Å². The van der Waals surface area contributed by atoms with Crippen molar-refractivity contribution in [2.75, 3.05) is 0 Å². The topological polar surface area (TPSA) is 66.8 Å². The van der Waals surface area contributed by atoms with Crippen LogP contribution < -0.4 is 4.74 Å². The lowest BCUT2D eigenvalue weighted by Gasteiger charge is -2.12. The van der Waals surface area contributed by atoms with Crippen LogP contribution in [0.4, 0.5) is 4.39 Å². The van der Waals surface area contributed by atoms with E-state index >= 15 is 0 Å². The van der Waals surface area contributed by atoms with E-state index in [1.54, 1.807) is 18.2 Å². The summed E-state index contributed by atoms with van der Waals surface area (Å²) in [7, 11) is 0. The number of rotatable bonds is 2. The molecule has 2 aromatic rings. The highest BCUT2D eigenvalue weighted by molar-refractivity contribution is 5.70. The van der Waals surface area contributed by atoms with Gasteiger partial charge in [-0.3, -0.25) is 4.79 Å². The SMILES string of the molecule is O=C(O)Cc1ccc2c(c1)[C@H](O)Cc1cc(F)ccc1O2. The van der Waals surface area contributed by atoms with E-state index in [9.17, 15) is 14.3 Å². The van der Waals surface area contributed by atoms with Crippen molar-refractivity contribution in [1.29, 1.82) is 0 Å². The van der Waals surface area contributed by atoms with Crippen LogP contribution in [0.25, 0.3) is 0 Å². The molecule has 2 aromatic carbocycles. The van der Waals surface area contributed by atoms with Gasteiger partial charge in [0, 0.05) is 17.5 Å². The van der Waals surface area contributed by atoms with Crippen LogP contribution >= 0.6 is 0 Å². The smallest absolute Gasteiger partial charge is 0.307 e. The monoisotopic (exact) mass is 288 g/mol. The minimum absolute atomic E-state index is 0.123. The van der Waals surface area contributed by atoms with Gasteiger partial charge >= 0.3 is 5.97 Å². The maximum absolute atomic E-state index is 13.3. The van der Waals surface area contributed by atoms with E-state index < -0.39 is 12.1 Å². The van der Waals surface area contributed by atoms with Crippen LogP contribution in [0.1, 0.15) is 22.8 Å². The highest BCUT2D eigenvalue weighted by Crippen LogP contribution is 2.38. The minimum Gasteiger partial charge on any atom is -0.481 e. The molecule has 1 heterocycles. The van der Waals surface area contributed by atoms with E-state index in [1.165, 1.54) is 18.2 Å². The average Bonchev–Trinajstić information content (AvgIpc) is 2.54. The van der Waals surface area contributed by atoms with Crippen molar-refractivity contribution >= 4 is 5.97 Å². The summed E-state index contributed by atoms with van der Waals surface area (Å²) < 4.78 is 19.0. The molecule has 3 rings (SSSR count). The molecule has 0 saturated heterocycles. The summed E-state index contributed by atoms with van der Waals surface area (Å²) >= 11 is 0. The summed E-state index contributed by atoms with van der Waals surface area (Å²) in [5.74, 6) is -0.367. The molecule has 0 unspecified atom stereocenters. The largest absolute Gasteiger partial charge is 0.481 e. The molecule has 0 amide bonds. The normalized spacial score (nSPS) is 16.4. The molecule has 0 radical (unpaired) electrons. The number of fused-ring (bicyclic) bond motifs is 2. The first-order valence-corrected chi connectivity index (χ1v) is 6.52. The van der Waals surface area contributed by atoms with E-state index in [-0.39, 0.29) is 18.7 Å². The van der Waals surface area contributed by atoms with Gasteiger partial charge in [0.2, 0.25) is 0 Å². The molecule has 0 spiro atoms. The molecular formula is C16H13FO4. The van der Waals surface area contributed by atoms with Crippen LogP contribution in [0.15, 0.2) is 36.4 Å². The van der Waals surface area contributed by atoms with Gasteiger partial charge in [-0.2, -0.15) is 0 Å². The quantitative estimate of drug-likeness (QED) is 0.891. The third-order valence-corrected chi connectivity index (χ3v) is 3.44. The predicted molar refractivity (Wildman–Crippen MR) is 72.9 cm³/mol. The third-order valence-electron chi connectivity index (χ3n) is 3.44. The fraction of sp³-hybridized carbons (Fsp3) is 0.188. The number of carboxylic acid groups (broad SMARTS) is 1. The number of aliphatic hydroxyl groups excluding tert-OH is 1. The number of hydrogen-bond acceptors (Lipinski definition) is 3. The number of benzene rings is 2. The number of carboxylic acids is 1. The van der Waals surface area contributed by atoms with Crippen molar-refractivity contribution in [2.45, 2.75) is 18.9 Å². The van der Waals surface area contributed by atoms with Crippen LogP contribution in [-0.4, -0.2) is 16.2 Å². The Balaban J connectivity index is 2.02. The van der Waals surface area contributed by atoms with Gasteiger partial charge in [0.15, 0.2) is 0 Å². The van der Waals surface area contributed by atoms with Crippen LogP contribution in [0.2, 0.25) is 0 Å². The van der Waals surface area contributed by atoms with Crippen LogP contribution in [0.5, 0.6) is 11.5 Å². The molecule has 108 valence electrons. The first kappa shape index (κ1) is 13.6. The third kappa shape index (κ3) is 2.73. The van der Waals surface area contributed by atoms with Gasteiger partial charge in [0.05, 0.1) is 12.5 Å². The van der Waals surface area contributed by atoms with Crippen molar-refractivity contribution in [1.82, 2.24) is 0 Å². The standard InChI is InChI=1S/C16H13FO4/c17-11-2-4-14-10(7-11)8-13(18)12-5-9(6-16(19)20)1-3-15(12)21-14/h1-5,7,13,18H,6,8H2,(H,19,20)/t13-/m1/s1. The van der Waals surface area contributed by atoms with Gasteiger partial charge in [0.1, 0.15) is 17.3 Å². The molecule has 0 aliphatic carbocycles. The van der Waals surface area contributed by atoms with Gasteiger partial charge < -0.3 is 14.9 Å². The summed E-state index contributed by atoms with van der Waals surface area (Å²) in [4.78, 5) is 10.8. The van der Waals surface area contributed by atoms with E-state index in [0.29, 0.717) is 28.2 Å². The Bertz CT molecular complexity index is 711. The molecule has 0 bridgehead atoms. The Labute approximate surface area is 120 Å². The number of aliphatic hydroxyl groups is 1. The zero-order chi connectivity index (χ0) is 15.0. The minimum atomic E-state index is -0.940. The number of ether oxygens (including phenoxy) is 1. The first-order chi connectivity index (χ1) is 10.0. The Morgan fingerprint density at radius 2 is 2.00 bits per heavy atom. The predicted octanol–water partition coefficient (Wildman–Crippen LogP) is 2.83. The maximum Gasteiger partial charge on any atom is 0.307 e. The Hall–Kier alpha value is -2.40. The highest BCUT2D eigenvalue weighted by Gasteiger charge is 2.22. The summed E-state index contributed by atoms with van der Waals surface area (Å²) in [6.45, 7) is 0. The lowest BCUT2D eigenvalue weighted by Crippen LogP contribution is -2.04. The van der Waals surface area contributed by atoms with E-state index in [0.717, 1.165) is 0 Å². The second kappa shape index (κ2) is 5.18. The fourth-order valence-electron chi connectivity index (χ4n) is 2.48. The number of hydrogen-bond donors (Lipinski definition) is 2. The second-order valence-electron chi connectivity index (χ2n) is 5.02. The molecule has 0 fully saturated rings. The maximum atomic E-state index is 13.3. The molecule has 1 aliphatic heterocycles. The summed E-state index contributed by atoms with van der Waals surface area (Å²) in [6.07, 6.45) is -0.769. The molecular weight excluding hydrogens is 275 g/mol. The zero-order valence-corrected chi connectivity index (χ0v) is 11.0. The van der Waals surface area contributed by atoms with Gasteiger partial charge in [-0.15, -0.1) is 0 Å². The summed E-state index contributed by atoms with van der Waals surface area (Å²) in [6, 6.07) is 9.06. The molecule has 2 N–H and O–H groups in total. The van der Waals surface area contributed by atoms with Crippen molar-refractivity contribution in [2.24, 2.45) is 0 Å². The molecule has 1 aliphatic rings. The van der Waals surface area contributed by atoms with Crippen LogP contribution in [0, 0.1) is 5.82 Å². The first-order valence-electron chi connectivity index (χ1n) is 6.52. The van der Waals surface area contributed by atoms with E-state index in [4.69, 9.17) is 9.84 Å². The fourth-order valence-corrected chi connectivity index (χ4v) is 2.48. The van der Waals surface area contributed by atoms with Crippen LogP contribution in [0.3, 0.4) is 0 Å². The molecule has 21 heavy (non-hydrogen) atoms. The molecule has 1 atom stereocenters. The Morgan fingerprint density at radius 1 is 1.24 bits per heavy atom. The van der Waals surface area contributed by atoms with Crippen molar-refractivity contribution < 1.29 is 24.1 Å². The van der Waals surface area contributed by atoms with E-state index in [1.807, 2.05) is 0 Å². The summed E-state index contributed by atoms with van der Waals surface area (Å²) in [5, 5.41) is 19.1.